The van der Waals surface area contributed by atoms with Crippen LogP contribution in [-0.4, -0.2) is 0 Å². The summed E-state index contributed by atoms with van der Waals surface area (Å²) in [6, 6.07) is 21.2. The third-order valence-corrected chi connectivity index (χ3v) is 7.05. The fraction of sp³-hybridized carbons (Fsp3) is 0.273. The minimum atomic E-state index is 0.198. The van der Waals surface area contributed by atoms with Crippen molar-refractivity contribution in [3.63, 3.8) is 0 Å². The molecule has 0 atom stereocenters. The average Bonchev–Trinajstić information content (AvgIpc) is 3.19. The second kappa shape index (κ2) is 8.64. The van der Waals surface area contributed by atoms with Gasteiger partial charge in [0.05, 0.1) is 12.1 Å². The molecule has 0 N–H and O–H groups in total. The summed E-state index contributed by atoms with van der Waals surface area (Å²) in [5.41, 5.74) is 11.5. The van der Waals surface area contributed by atoms with Crippen LogP contribution < -0.4 is 4.57 Å². The number of benzene rings is 3. The number of aromatic nitrogens is 1. The molecule has 2 aromatic heterocycles. The number of furan rings is 1. The molecule has 36 heavy (non-hydrogen) atoms. The van der Waals surface area contributed by atoms with Crippen LogP contribution in [-0.2, 0) is 13.5 Å². The fourth-order valence-electron chi connectivity index (χ4n) is 5.23. The lowest BCUT2D eigenvalue weighted by atomic mass is 9.87. The maximum absolute atomic E-state index is 7.82. The molecule has 0 amide bonds. The van der Waals surface area contributed by atoms with Crippen LogP contribution in [0.1, 0.15) is 43.2 Å². The number of aryl methyl sites for hydroxylation is 3. The van der Waals surface area contributed by atoms with Gasteiger partial charge in [0.15, 0.2) is 11.4 Å². The Morgan fingerprint density at radius 2 is 1.47 bits per heavy atom. The van der Waals surface area contributed by atoms with Gasteiger partial charge in [-0.15, -0.1) is 0 Å². The first-order chi connectivity index (χ1) is 17.1. The third-order valence-electron chi connectivity index (χ3n) is 7.05. The maximum atomic E-state index is 7.82. The van der Waals surface area contributed by atoms with E-state index in [-0.39, 0.29) is 5.41 Å². The lowest BCUT2D eigenvalue weighted by molar-refractivity contribution is -0.666. The summed E-state index contributed by atoms with van der Waals surface area (Å²) in [6.45, 7) is 21.1. The van der Waals surface area contributed by atoms with Crippen molar-refractivity contribution in [2.75, 3.05) is 0 Å². The van der Waals surface area contributed by atoms with E-state index >= 15 is 0 Å². The molecule has 3 nitrogen and oxygen atoms in total. The number of hydrogen-bond donors (Lipinski definition) is 0. The van der Waals surface area contributed by atoms with Crippen LogP contribution in [0.5, 0.6) is 0 Å². The summed E-state index contributed by atoms with van der Waals surface area (Å²) < 4.78 is 9.01. The van der Waals surface area contributed by atoms with Crippen molar-refractivity contribution < 1.29 is 8.98 Å². The summed E-state index contributed by atoms with van der Waals surface area (Å²) in [5.74, 6) is 0. The summed E-state index contributed by atoms with van der Waals surface area (Å²) in [5, 5.41) is 2.12. The Kier molecular flexibility index (Phi) is 5.72. The van der Waals surface area contributed by atoms with E-state index in [4.69, 9.17) is 11.0 Å². The summed E-state index contributed by atoms with van der Waals surface area (Å²) in [6.07, 6.45) is 1.00. The zero-order chi connectivity index (χ0) is 25.8. The molecule has 0 radical (unpaired) electrons. The first-order valence-corrected chi connectivity index (χ1v) is 12.5. The number of hydrogen-bond acceptors (Lipinski definition) is 1. The molecule has 0 aliphatic heterocycles. The third kappa shape index (κ3) is 4.07. The summed E-state index contributed by atoms with van der Waals surface area (Å²) >= 11 is 0. The van der Waals surface area contributed by atoms with E-state index in [1.54, 1.807) is 0 Å². The molecule has 2 heterocycles. The highest BCUT2D eigenvalue weighted by atomic mass is 16.3. The second-order valence-corrected chi connectivity index (χ2v) is 11.2. The van der Waals surface area contributed by atoms with Crippen LogP contribution in [0.4, 0.5) is 5.69 Å². The standard InChI is InChI=1S/C33H33N2O/c1-20-9-12-24(13-10-20)30-27(34-7)16-15-26-25-14-11-21(2)29(31(25)36-32(26)30)28-18-23(19-33(4,5)6)17-22(3)35(28)8/h9-18H,19H2,1-6,8H3/q+1. The van der Waals surface area contributed by atoms with Gasteiger partial charge < -0.3 is 4.42 Å². The molecule has 0 aliphatic carbocycles. The second-order valence-electron chi connectivity index (χ2n) is 11.2. The van der Waals surface area contributed by atoms with Gasteiger partial charge in [0.2, 0.25) is 5.69 Å². The molecule has 0 bridgehead atoms. The Labute approximate surface area is 213 Å². The lowest BCUT2D eigenvalue weighted by Crippen LogP contribution is -2.35. The predicted octanol–water partition coefficient (Wildman–Crippen LogP) is 8.81. The molecule has 0 fully saturated rings. The highest BCUT2D eigenvalue weighted by Gasteiger charge is 2.25. The minimum Gasteiger partial charge on any atom is -0.456 e. The van der Waals surface area contributed by atoms with E-state index in [0.717, 1.165) is 50.7 Å². The van der Waals surface area contributed by atoms with Gasteiger partial charge in [-0.2, -0.15) is 4.57 Å². The van der Waals surface area contributed by atoms with E-state index in [1.165, 1.54) is 22.4 Å². The molecule has 0 aliphatic rings. The Morgan fingerprint density at radius 1 is 0.833 bits per heavy atom. The smallest absolute Gasteiger partial charge is 0.216 e. The number of rotatable bonds is 3. The van der Waals surface area contributed by atoms with Crippen LogP contribution >= 0.6 is 0 Å². The molecule has 0 spiro atoms. The number of pyridine rings is 1. The van der Waals surface area contributed by atoms with E-state index in [2.05, 4.69) is 107 Å². The first kappa shape index (κ1) is 23.8. The molecular formula is C33H33N2O+. The molecule has 0 saturated heterocycles. The molecule has 0 saturated carbocycles. The lowest BCUT2D eigenvalue weighted by Gasteiger charge is -2.18. The van der Waals surface area contributed by atoms with Crippen LogP contribution in [0.25, 0.3) is 49.2 Å². The summed E-state index contributed by atoms with van der Waals surface area (Å²) in [7, 11) is 2.13. The first-order valence-electron chi connectivity index (χ1n) is 12.5. The quantitative estimate of drug-likeness (QED) is 0.189. The van der Waals surface area contributed by atoms with E-state index in [1.807, 2.05) is 12.1 Å². The Balaban J connectivity index is 1.85. The Hall–Kier alpha value is -3.90. The largest absolute Gasteiger partial charge is 0.456 e. The highest BCUT2D eigenvalue weighted by Crippen LogP contribution is 2.44. The minimum absolute atomic E-state index is 0.198. The van der Waals surface area contributed by atoms with Gasteiger partial charge in [0, 0.05) is 35.4 Å². The van der Waals surface area contributed by atoms with Gasteiger partial charge in [-0.1, -0.05) is 74.9 Å². The van der Waals surface area contributed by atoms with Gasteiger partial charge in [0.1, 0.15) is 18.2 Å². The van der Waals surface area contributed by atoms with Crippen molar-refractivity contribution in [2.45, 2.75) is 48.0 Å². The molecule has 0 unspecified atom stereocenters. The fourth-order valence-corrected chi connectivity index (χ4v) is 5.23. The van der Waals surface area contributed by atoms with Gasteiger partial charge >= 0.3 is 0 Å². The summed E-state index contributed by atoms with van der Waals surface area (Å²) in [4.78, 5) is 3.85. The van der Waals surface area contributed by atoms with Gasteiger partial charge in [-0.05, 0) is 42.4 Å². The molecule has 3 aromatic carbocycles. The van der Waals surface area contributed by atoms with Crippen LogP contribution in [0.2, 0.25) is 0 Å². The maximum Gasteiger partial charge on any atom is 0.216 e. The van der Waals surface area contributed by atoms with Crippen molar-refractivity contribution in [3.05, 3.63) is 94.5 Å². The van der Waals surface area contributed by atoms with Gasteiger partial charge in [0.25, 0.3) is 0 Å². The number of fused-ring (bicyclic) bond motifs is 3. The molecule has 180 valence electrons. The number of nitrogens with zero attached hydrogens (tertiary/aromatic N) is 2. The molecule has 3 heteroatoms. The zero-order valence-electron chi connectivity index (χ0n) is 22.3. The van der Waals surface area contributed by atoms with Crippen LogP contribution in [0.15, 0.2) is 65.1 Å². The monoisotopic (exact) mass is 473 g/mol. The predicted molar refractivity (Wildman–Crippen MR) is 149 cm³/mol. The molecule has 5 aromatic rings. The van der Waals surface area contributed by atoms with Crippen molar-refractivity contribution in [1.29, 1.82) is 0 Å². The van der Waals surface area contributed by atoms with E-state index in [0.29, 0.717) is 5.69 Å². The Morgan fingerprint density at radius 3 is 2.11 bits per heavy atom. The topological polar surface area (TPSA) is 21.4 Å². The van der Waals surface area contributed by atoms with E-state index in [9.17, 15) is 0 Å². The Bertz CT molecular complexity index is 1670. The van der Waals surface area contributed by atoms with Crippen LogP contribution in [0.3, 0.4) is 0 Å². The normalized spacial score (nSPS) is 11.8. The van der Waals surface area contributed by atoms with Gasteiger partial charge in [-0.3, -0.25) is 0 Å². The highest BCUT2D eigenvalue weighted by molar-refractivity contribution is 6.15. The zero-order valence-corrected chi connectivity index (χ0v) is 22.3. The van der Waals surface area contributed by atoms with Crippen molar-refractivity contribution in [3.8, 4) is 22.4 Å². The van der Waals surface area contributed by atoms with Crippen molar-refractivity contribution in [1.82, 2.24) is 0 Å². The SMILES string of the molecule is [C-]#[N+]c1ccc2c(oc3c(-c4cc(CC(C)(C)C)cc(C)[n+]4C)c(C)ccc32)c1-c1ccc(C)cc1. The molecular weight excluding hydrogens is 440 g/mol. The van der Waals surface area contributed by atoms with Crippen molar-refractivity contribution in [2.24, 2.45) is 12.5 Å². The average molecular weight is 474 g/mol. The van der Waals surface area contributed by atoms with Crippen molar-refractivity contribution >= 4 is 27.6 Å². The van der Waals surface area contributed by atoms with Gasteiger partial charge in [-0.25, -0.2) is 4.85 Å². The van der Waals surface area contributed by atoms with E-state index < -0.39 is 0 Å². The molecule has 5 rings (SSSR count). The van der Waals surface area contributed by atoms with Crippen LogP contribution in [0, 0.1) is 32.8 Å².